The first kappa shape index (κ1) is 18.8. The van der Waals surface area contributed by atoms with Crippen LogP contribution in [0.5, 0.6) is 0 Å². The van der Waals surface area contributed by atoms with E-state index in [2.05, 4.69) is 5.32 Å². The maximum atomic E-state index is 12.2. The van der Waals surface area contributed by atoms with Crippen molar-refractivity contribution in [1.82, 2.24) is 4.90 Å². The highest BCUT2D eigenvalue weighted by Gasteiger charge is 2.30. The lowest BCUT2D eigenvalue weighted by atomic mass is 10.2. The van der Waals surface area contributed by atoms with Gasteiger partial charge >= 0.3 is 5.88 Å². The minimum atomic E-state index is -0.716. The van der Waals surface area contributed by atoms with Gasteiger partial charge < -0.3 is 9.73 Å². The molecule has 0 unspecified atom stereocenters. The van der Waals surface area contributed by atoms with Gasteiger partial charge in [-0.25, -0.2) is 0 Å². The highest BCUT2D eigenvalue weighted by atomic mass is 32.2. The number of nitro groups is 1. The van der Waals surface area contributed by atoms with Gasteiger partial charge in [0.2, 0.25) is 0 Å². The lowest BCUT2D eigenvalue weighted by Crippen LogP contribution is -2.27. The van der Waals surface area contributed by atoms with Crippen LogP contribution in [-0.4, -0.2) is 32.5 Å². The second-order valence-electron chi connectivity index (χ2n) is 5.40. The van der Waals surface area contributed by atoms with Gasteiger partial charge in [-0.3, -0.25) is 24.6 Å². The molecule has 0 spiro atoms. The second kappa shape index (κ2) is 7.72. The Hall–Kier alpha value is -2.98. The summed E-state index contributed by atoms with van der Waals surface area (Å²) in [4.78, 5) is 36.2. The van der Waals surface area contributed by atoms with Gasteiger partial charge in [-0.2, -0.15) is 0 Å². The van der Waals surface area contributed by atoms with Crippen LogP contribution >= 0.6 is 24.0 Å². The van der Waals surface area contributed by atoms with Crippen molar-refractivity contribution >= 4 is 57.8 Å². The third kappa shape index (κ3) is 4.07. The third-order valence-corrected chi connectivity index (χ3v) is 5.03. The van der Waals surface area contributed by atoms with Gasteiger partial charge in [-0.15, -0.1) is 0 Å². The van der Waals surface area contributed by atoms with Crippen LogP contribution in [0.4, 0.5) is 11.6 Å². The largest absolute Gasteiger partial charge is 0.433 e. The molecule has 1 aliphatic heterocycles. The zero-order chi connectivity index (χ0) is 19.6. The zero-order valence-electron chi connectivity index (χ0n) is 14.0. The van der Waals surface area contributed by atoms with E-state index >= 15 is 0 Å². The summed E-state index contributed by atoms with van der Waals surface area (Å²) >= 11 is 6.42. The van der Waals surface area contributed by atoms with Crippen LogP contribution in [0.15, 0.2) is 45.7 Å². The Labute approximate surface area is 163 Å². The summed E-state index contributed by atoms with van der Waals surface area (Å²) in [6.45, 7) is 2.39. The van der Waals surface area contributed by atoms with Gasteiger partial charge in [0, 0.05) is 12.2 Å². The molecule has 3 rings (SSSR count). The summed E-state index contributed by atoms with van der Waals surface area (Å²) in [6, 6.07) is 9.13. The minimum absolute atomic E-state index is 0.121. The first-order valence-corrected chi connectivity index (χ1v) is 9.02. The van der Waals surface area contributed by atoms with Crippen LogP contribution in [0.3, 0.4) is 0 Å². The maximum Gasteiger partial charge on any atom is 0.433 e. The average Bonchev–Trinajstić information content (AvgIpc) is 3.22. The number of amides is 2. The molecule has 1 saturated heterocycles. The van der Waals surface area contributed by atoms with Crippen molar-refractivity contribution in [3.8, 4) is 0 Å². The number of nitrogens with one attached hydrogen (secondary N) is 1. The van der Waals surface area contributed by atoms with E-state index in [-0.39, 0.29) is 11.7 Å². The fraction of sp³-hybridized carbons (Fsp3) is 0.118. The number of nitrogens with zero attached hydrogens (tertiary/aromatic N) is 2. The van der Waals surface area contributed by atoms with E-state index in [4.69, 9.17) is 16.6 Å². The van der Waals surface area contributed by atoms with Crippen molar-refractivity contribution in [3.63, 3.8) is 0 Å². The number of thioether (sulfide) groups is 1. The summed E-state index contributed by atoms with van der Waals surface area (Å²) < 4.78 is 5.39. The third-order valence-electron chi connectivity index (χ3n) is 3.65. The Bertz CT molecular complexity index is 965. The predicted molar refractivity (Wildman–Crippen MR) is 105 cm³/mol. The van der Waals surface area contributed by atoms with Crippen molar-refractivity contribution in [1.29, 1.82) is 0 Å². The molecule has 27 heavy (non-hydrogen) atoms. The lowest BCUT2D eigenvalue weighted by molar-refractivity contribution is -0.402. The van der Waals surface area contributed by atoms with E-state index in [0.717, 1.165) is 11.6 Å². The lowest BCUT2D eigenvalue weighted by Gasteiger charge is -2.09. The number of anilines is 1. The van der Waals surface area contributed by atoms with Crippen molar-refractivity contribution in [3.05, 3.63) is 62.7 Å². The molecule has 1 aliphatic rings. The van der Waals surface area contributed by atoms with Crippen molar-refractivity contribution < 1.29 is 18.9 Å². The van der Waals surface area contributed by atoms with E-state index in [9.17, 15) is 19.7 Å². The molecule has 0 aliphatic carbocycles. The highest BCUT2D eigenvalue weighted by Crippen LogP contribution is 2.32. The summed E-state index contributed by atoms with van der Waals surface area (Å²) in [6.07, 6.45) is 1.73. The molecule has 1 fully saturated rings. The molecule has 2 aromatic rings. The molecule has 1 aromatic heterocycles. The van der Waals surface area contributed by atoms with Crippen LogP contribution in [0.25, 0.3) is 6.08 Å². The maximum absolute atomic E-state index is 12.2. The number of carbonyl (C=O) groups is 2. The molecular formula is C17H13N3O5S2. The summed E-state index contributed by atoms with van der Waals surface area (Å²) in [5.41, 5.74) is 1.26. The first-order chi connectivity index (χ1) is 12.9. The molecule has 0 bridgehead atoms. The minimum Gasteiger partial charge on any atom is -0.395 e. The number of rotatable bonds is 5. The summed E-state index contributed by atoms with van der Waals surface area (Å²) in [7, 11) is 0. The van der Waals surface area contributed by atoms with E-state index in [1.54, 1.807) is 30.3 Å². The van der Waals surface area contributed by atoms with Crippen LogP contribution in [0.2, 0.25) is 0 Å². The van der Waals surface area contributed by atoms with Gasteiger partial charge in [-0.05, 0) is 36.8 Å². The molecule has 0 saturated carbocycles. The second-order valence-corrected chi connectivity index (χ2v) is 7.07. The van der Waals surface area contributed by atoms with E-state index in [1.807, 2.05) is 6.92 Å². The average molecular weight is 403 g/mol. The fourth-order valence-electron chi connectivity index (χ4n) is 2.33. The van der Waals surface area contributed by atoms with Crippen molar-refractivity contribution in [2.24, 2.45) is 0 Å². The van der Waals surface area contributed by atoms with E-state index in [1.165, 1.54) is 22.7 Å². The SMILES string of the molecule is CCN1C(=O)/C(=C\c2ccc(NC(=O)c3ccc([N+](=O)[O-])o3)cc2)SC1=S. The topological polar surface area (TPSA) is 106 Å². The molecule has 1 N–H and O–H groups in total. The Morgan fingerprint density at radius 3 is 2.59 bits per heavy atom. The first-order valence-electron chi connectivity index (χ1n) is 7.80. The van der Waals surface area contributed by atoms with Crippen molar-refractivity contribution in [2.45, 2.75) is 6.92 Å². The summed E-state index contributed by atoms with van der Waals surface area (Å²) in [5, 5.41) is 13.2. The smallest absolute Gasteiger partial charge is 0.395 e. The van der Waals surface area contributed by atoms with Gasteiger partial charge in [-0.1, -0.05) is 36.1 Å². The molecule has 138 valence electrons. The molecule has 2 amide bonds. The number of furan rings is 1. The van der Waals surface area contributed by atoms with Gasteiger partial charge in [0.1, 0.15) is 9.24 Å². The van der Waals surface area contributed by atoms with Gasteiger partial charge in [0.25, 0.3) is 11.8 Å². The van der Waals surface area contributed by atoms with Gasteiger partial charge in [0.15, 0.2) is 5.76 Å². The van der Waals surface area contributed by atoms with Crippen LogP contribution in [0.1, 0.15) is 23.0 Å². The molecule has 8 nitrogen and oxygen atoms in total. The Balaban J connectivity index is 1.69. The number of benzene rings is 1. The van der Waals surface area contributed by atoms with E-state index < -0.39 is 16.7 Å². The summed E-state index contributed by atoms with van der Waals surface area (Å²) in [5.74, 6) is -1.38. The van der Waals surface area contributed by atoms with Crippen molar-refractivity contribution in [2.75, 3.05) is 11.9 Å². The number of hydrogen-bond donors (Lipinski definition) is 1. The molecule has 2 heterocycles. The molecular weight excluding hydrogens is 390 g/mol. The normalized spacial score (nSPS) is 15.4. The Morgan fingerprint density at radius 2 is 2.04 bits per heavy atom. The molecule has 1 aromatic carbocycles. The van der Waals surface area contributed by atoms with Gasteiger partial charge in [0.05, 0.1) is 11.0 Å². The molecule has 0 radical (unpaired) electrons. The Kier molecular flexibility index (Phi) is 5.38. The number of carbonyl (C=O) groups excluding carboxylic acids is 2. The fourth-order valence-corrected chi connectivity index (χ4v) is 3.71. The number of likely N-dealkylation sites (N-methyl/N-ethyl adjacent to an activating group) is 1. The predicted octanol–water partition coefficient (Wildman–Crippen LogP) is 3.66. The van der Waals surface area contributed by atoms with Crippen LogP contribution in [0, 0.1) is 10.1 Å². The van der Waals surface area contributed by atoms with Crippen LogP contribution < -0.4 is 5.32 Å². The molecule has 0 atom stereocenters. The Morgan fingerprint density at radius 1 is 1.33 bits per heavy atom. The standard InChI is InChI=1S/C17H13N3O5S2/c1-2-19-16(22)13(27-17(19)26)9-10-3-5-11(6-4-10)18-15(21)12-7-8-14(25-12)20(23)24/h3-9H,2H2,1H3,(H,18,21)/b13-9+. The highest BCUT2D eigenvalue weighted by molar-refractivity contribution is 8.26. The zero-order valence-corrected chi connectivity index (χ0v) is 15.6. The van der Waals surface area contributed by atoms with Crippen LogP contribution in [-0.2, 0) is 4.79 Å². The molecule has 10 heteroatoms. The number of thiocarbonyl (C=S) groups is 1. The quantitative estimate of drug-likeness (QED) is 0.351. The van der Waals surface area contributed by atoms with E-state index in [0.29, 0.717) is 21.5 Å². The monoisotopic (exact) mass is 403 g/mol. The number of hydrogen-bond acceptors (Lipinski definition) is 7.